The van der Waals surface area contributed by atoms with Gasteiger partial charge in [-0.2, -0.15) is 0 Å². The zero-order valence-corrected chi connectivity index (χ0v) is 16.9. The lowest BCUT2D eigenvalue weighted by atomic mass is 9.74. The van der Waals surface area contributed by atoms with Crippen LogP contribution in [0.1, 0.15) is 63.0 Å². The standard InChI is InChI=1S/C23H34O4/c1-3-4-5-6-7-8-11-21-20-13-17-10-9-12-22(27-16-23(24)25-2)19(17)14-18(20)15-26-21/h9-10,12,18,20-21H,3-8,11,13-16H2,1-2H3. The van der Waals surface area contributed by atoms with Crippen LogP contribution < -0.4 is 4.74 Å². The Labute approximate surface area is 163 Å². The minimum Gasteiger partial charge on any atom is -0.482 e. The summed E-state index contributed by atoms with van der Waals surface area (Å²) < 4.78 is 16.6. The van der Waals surface area contributed by atoms with Gasteiger partial charge in [0.05, 0.1) is 19.8 Å². The number of benzene rings is 1. The summed E-state index contributed by atoms with van der Waals surface area (Å²) in [5, 5.41) is 0. The van der Waals surface area contributed by atoms with Gasteiger partial charge in [0.25, 0.3) is 0 Å². The highest BCUT2D eigenvalue weighted by molar-refractivity contribution is 5.71. The first-order valence-corrected chi connectivity index (χ1v) is 10.6. The molecule has 1 fully saturated rings. The van der Waals surface area contributed by atoms with Crippen LogP contribution in [0.5, 0.6) is 5.75 Å². The molecule has 1 aromatic rings. The van der Waals surface area contributed by atoms with Crippen molar-refractivity contribution in [1.29, 1.82) is 0 Å². The molecule has 0 radical (unpaired) electrons. The van der Waals surface area contributed by atoms with E-state index in [4.69, 9.17) is 9.47 Å². The van der Waals surface area contributed by atoms with Crippen molar-refractivity contribution in [2.24, 2.45) is 11.8 Å². The Morgan fingerprint density at radius 1 is 1.15 bits per heavy atom. The van der Waals surface area contributed by atoms with E-state index in [2.05, 4.69) is 17.7 Å². The zero-order chi connectivity index (χ0) is 19.1. The molecule has 4 nitrogen and oxygen atoms in total. The van der Waals surface area contributed by atoms with Gasteiger partial charge < -0.3 is 14.2 Å². The summed E-state index contributed by atoms with van der Waals surface area (Å²) in [7, 11) is 1.39. The van der Waals surface area contributed by atoms with Crippen LogP contribution in [0.2, 0.25) is 0 Å². The fourth-order valence-electron chi connectivity index (χ4n) is 4.61. The molecule has 2 aliphatic rings. The number of unbranched alkanes of at least 4 members (excludes halogenated alkanes) is 5. The quantitative estimate of drug-likeness (QED) is 0.439. The second-order valence-corrected chi connectivity index (χ2v) is 8.02. The Bertz CT molecular complexity index is 612. The fourth-order valence-corrected chi connectivity index (χ4v) is 4.61. The maximum absolute atomic E-state index is 11.4. The first-order valence-electron chi connectivity index (χ1n) is 10.6. The number of carbonyl (C=O) groups is 1. The smallest absolute Gasteiger partial charge is 0.343 e. The normalized spacial score (nSPS) is 23.6. The summed E-state index contributed by atoms with van der Waals surface area (Å²) in [6.45, 7) is 3.09. The number of esters is 1. The maximum Gasteiger partial charge on any atom is 0.343 e. The molecule has 0 aromatic heterocycles. The Kier molecular flexibility index (Phi) is 7.57. The lowest BCUT2D eigenvalue weighted by molar-refractivity contribution is -0.142. The summed E-state index contributed by atoms with van der Waals surface area (Å²) in [6.07, 6.45) is 11.7. The predicted molar refractivity (Wildman–Crippen MR) is 106 cm³/mol. The first-order chi connectivity index (χ1) is 13.2. The van der Waals surface area contributed by atoms with Gasteiger partial charge in [0, 0.05) is 0 Å². The second kappa shape index (κ2) is 10.1. The van der Waals surface area contributed by atoms with Crippen LogP contribution in [0.25, 0.3) is 0 Å². The Morgan fingerprint density at radius 2 is 1.96 bits per heavy atom. The van der Waals surface area contributed by atoms with Crippen molar-refractivity contribution >= 4 is 5.97 Å². The predicted octanol–water partition coefficient (Wildman–Crippen LogP) is 4.72. The van der Waals surface area contributed by atoms with E-state index in [0.29, 0.717) is 17.9 Å². The van der Waals surface area contributed by atoms with Crippen molar-refractivity contribution in [3.8, 4) is 5.75 Å². The van der Waals surface area contributed by atoms with Crippen molar-refractivity contribution in [3.05, 3.63) is 29.3 Å². The summed E-state index contributed by atoms with van der Waals surface area (Å²) in [4.78, 5) is 11.4. The molecule has 4 heteroatoms. The molecule has 1 aromatic carbocycles. The number of hydrogen-bond donors (Lipinski definition) is 0. The summed E-state index contributed by atoms with van der Waals surface area (Å²) in [6, 6.07) is 6.20. The fraction of sp³-hybridized carbons (Fsp3) is 0.696. The minimum absolute atomic E-state index is 0.0296. The van der Waals surface area contributed by atoms with Gasteiger partial charge in [-0.1, -0.05) is 57.6 Å². The van der Waals surface area contributed by atoms with Crippen molar-refractivity contribution in [2.75, 3.05) is 20.3 Å². The highest BCUT2D eigenvalue weighted by Gasteiger charge is 2.40. The van der Waals surface area contributed by atoms with E-state index in [1.54, 1.807) is 0 Å². The molecule has 1 aliphatic carbocycles. The second-order valence-electron chi connectivity index (χ2n) is 8.02. The van der Waals surface area contributed by atoms with Crippen LogP contribution >= 0.6 is 0 Å². The highest BCUT2D eigenvalue weighted by Crippen LogP contribution is 2.42. The van der Waals surface area contributed by atoms with E-state index < -0.39 is 0 Å². The van der Waals surface area contributed by atoms with E-state index in [0.717, 1.165) is 25.2 Å². The van der Waals surface area contributed by atoms with Crippen LogP contribution in [-0.2, 0) is 27.1 Å². The molecule has 150 valence electrons. The topological polar surface area (TPSA) is 44.8 Å². The van der Waals surface area contributed by atoms with Crippen LogP contribution in [0.3, 0.4) is 0 Å². The maximum atomic E-state index is 11.4. The molecule has 1 heterocycles. The van der Waals surface area contributed by atoms with Gasteiger partial charge in [-0.15, -0.1) is 0 Å². The monoisotopic (exact) mass is 374 g/mol. The number of fused-ring (bicyclic) bond motifs is 2. The van der Waals surface area contributed by atoms with Gasteiger partial charge in [0.2, 0.25) is 0 Å². The molecule has 27 heavy (non-hydrogen) atoms. The van der Waals surface area contributed by atoms with Gasteiger partial charge in [0.1, 0.15) is 5.75 Å². The van der Waals surface area contributed by atoms with Crippen molar-refractivity contribution in [2.45, 2.75) is 70.8 Å². The molecule has 3 rings (SSSR count). The molecule has 0 N–H and O–H groups in total. The lowest BCUT2D eigenvalue weighted by Gasteiger charge is -2.30. The summed E-state index contributed by atoms with van der Waals surface area (Å²) in [5.74, 6) is 1.69. The molecule has 3 unspecified atom stereocenters. The van der Waals surface area contributed by atoms with Gasteiger partial charge in [-0.25, -0.2) is 4.79 Å². The van der Waals surface area contributed by atoms with Crippen LogP contribution in [-0.4, -0.2) is 32.4 Å². The lowest BCUT2D eigenvalue weighted by Crippen LogP contribution is -2.29. The summed E-state index contributed by atoms with van der Waals surface area (Å²) in [5.41, 5.74) is 2.61. The van der Waals surface area contributed by atoms with Crippen molar-refractivity contribution < 1.29 is 19.0 Å². The average molecular weight is 375 g/mol. The van der Waals surface area contributed by atoms with E-state index in [1.165, 1.54) is 63.2 Å². The largest absolute Gasteiger partial charge is 0.482 e. The van der Waals surface area contributed by atoms with E-state index in [1.807, 2.05) is 12.1 Å². The molecule has 3 atom stereocenters. The minimum atomic E-state index is -0.343. The van der Waals surface area contributed by atoms with Gasteiger partial charge in [0.15, 0.2) is 6.61 Å². The number of methoxy groups -OCH3 is 1. The van der Waals surface area contributed by atoms with E-state index in [-0.39, 0.29) is 12.6 Å². The van der Waals surface area contributed by atoms with Gasteiger partial charge >= 0.3 is 5.97 Å². The first kappa shape index (κ1) is 20.2. The molecular weight excluding hydrogens is 340 g/mol. The van der Waals surface area contributed by atoms with Gasteiger partial charge in [-0.3, -0.25) is 0 Å². The number of ether oxygens (including phenoxy) is 3. The Hall–Kier alpha value is -1.55. The van der Waals surface area contributed by atoms with Crippen LogP contribution in [0.4, 0.5) is 0 Å². The molecular formula is C23H34O4. The third-order valence-electron chi connectivity index (χ3n) is 6.17. The van der Waals surface area contributed by atoms with Crippen LogP contribution in [0.15, 0.2) is 18.2 Å². The SMILES string of the molecule is CCCCCCCCC1OCC2Cc3c(cccc3OCC(=O)OC)CC21. The summed E-state index contributed by atoms with van der Waals surface area (Å²) >= 11 is 0. The van der Waals surface area contributed by atoms with Crippen molar-refractivity contribution in [3.63, 3.8) is 0 Å². The van der Waals surface area contributed by atoms with E-state index in [9.17, 15) is 4.79 Å². The van der Waals surface area contributed by atoms with Crippen LogP contribution in [0, 0.1) is 11.8 Å². The zero-order valence-electron chi connectivity index (χ0n) is 16.9. The Morgan fingerprint density at radius 3 is 2.78 bits per heavy atom. The number of hydrogen-bond acceptors (Lipinski definition) is 4. The third-order valence-corrected chi connectivity index (χ3v) is 6.17. The number of rotatable bonds is 10. The molecule has 0 spiro atoms. The molecule has 1 saturated heterocycles. The van der Waals surface area contributed by atoms with E-state index >= 15 is 0 Å². The average Bonchev–Trinajstić information content (AvgIpc) is 3.09. The third kappa shape index (κ3) is 5.25. The number of carbonyl (C=O) groups excluding carboxylic acids is 1. The van der Waals surface area contributed by atoms with Gasteiger partial charge in [-0.05, 0) is 48.3 Å². The molecule has 1 aliphatic heterocycles. The molecule has 0 saturated carbocycles. The molecule has 0 bridgehead atoms. The van der Waals surface area contributed by atoms with Crippen molar-refractivity contribution in [1.82, 2.24) is 0 Å². The Balaban J connectivity index is 1.54. The molecule has 0 amide bonds. The highest BCUT2D eigenvalue weighted by atomic mass is 16.6.